The zero-order valence-corrected chi connectivity index (χ0v) is 19.0. The van der Waals surface area contributed by atoms with E-state index in [1.165, 1.54) is 19.2 Å². The van der Waals surface area contributed by atoms with Gasteiger partial charge in [0, 0.05) is 49.3 Å². The van der Waals surface area contributed by atoms with Crippen molar-refractivity contribution in [2.24, 2.45) is 0 Å². The summed E-state index contributed by atoms with van der Waals surface area (Å²) in [6.07, 6.45) is 3.15. The average molecular weight is 451 g/mol. The maximum Gasteiger partial charge on any atom is 0.253 e. The largest absolute Gasteiger partial charge is 0.496 e. The van der Waals surface area contributed by atoms with Crippen molar-refractivity contribution >= 4 is 5.91 Å². The van der Waals surface area contributed by atoms with Crippen LogP contribution in [-0.2, 0) is 11.2 Å². The summed E-state index contributed by atoms with van der Waals surface area (Å²) in [5.41, 5.74) is 1.29. The number of fused-ring (bicyclic) bond motifs is 4. The lowest BCUT2D eigenvalue weighted by atomic mass is 9.86. The number of benzene rings is 2. The Hall–Kier alpha value is -3.32. The molecule has 1 amide bonds. The van der Waals surface area contributed by atoms with Crippen molar-refractivity contribution in [3.8, 4) is 17.2 Å². The van der Waals surface area contributed by atoms with Crippen molar-refractivity contribution < 1.29 is 23.8 Å². The zero-order chi connectivity index (χ0) is 23.4. The van der Waals surface area contributed by atoms with Crippen LogP contribution in [0.3, 0.4) is 0 Å². The normalized spacial score (nSPS) is 16.7. The van der Waals surface area contributed by atoms with Crippen LogP contribution >= 0.6 is 0 Å². The lowest BCUT2D eigenvalue weighted by Crippen LogP contribution is -2.50. The molecule has 1 N–H and O–H groups in total. The first-order valence-electron chi connectivity index (χ1n) is 11.1. The van der Waals surface area contributed by atoms with E-state index in [4.69, 9.17) is 9.47 Å². The number of ether oxygens (including phenoxy) is 2. The number of aliphatic hydroxyl groups is 1. The fourth-order valence-corrected chi connectivity index (χ4v) is 4.94. The maximum atomic E-state index is 13.9. The smallest absolute Gasteiger partial charge is 0.253 e. The fraction of sp³-hybridized carbons (Fsp3) is 0.346. The predicted octanol–water partition coefficient (Wildman–Crippen LogP) is 4.38. The van der Waals surface area contributed by atoms with Crippen molar-refractivity contribution in [2.75, 3.05) is 20.2 Å². The maximum absolute atomic E-state index is 13.9. The Morgan fingerprint density at radius 2 is 1.91 bits per heavy atom. The molecule has 5 rings (SSSR count). The SMILES string of the molecule is COc1cc(C(=O)N2CCC3(CC2)Oc2cc(F)ccc2-n2cccc23)ccc1C(C)(C)O. The summed E-state index contributed by atoms with van der Waals surface area (Å²) in [4.78, 5) is 15.1. The van der Waals surface area contributed by atoms with Gasteiger partial charge in [-0.1, -0.05) is 6.07 Å². The molecule has 0 atom stereocenters. The molecule has 1 saturated heterocycles. The molecular formula is C26H27FN2O4. The highest BCUT2D eigenvalue weighted by Crippen LogP contribution is 2.45. The van der Waals surface area contributed by atoms with Crippen LogP contribution in [0, 0.1) is 5.82 Å². The van der Waals surface area contributed by atoms with Gasteiger partial charge in [-0.25, -0.2) is 4.39 Å². The van der Waals surface area contributed by atoms with E-state index in [1.807, 2.05) is 23.2 Å². The predicted molar refractivity (Wildman–Crippen MR) is 121 cm³/mol. The number of hydrogen-bond donors (Lipinski definition) is 1. The molecular weight excluding hydrogens is 423 g/mol. The van der Waals surface area contributed by atoms with Gasteiger partial charge in [-0.05, 0) is 50.2 Å². The van der Waals surface area contributed by atoms with E-state index in [1.54, 1.807) is 38.1 Å². The number of piperidine rings is 1. The molecule has 2 aromatic carbocycles. The molecule has 172 valence electrons. The first-order chi connectivity index (χ1) is 15.7. The summed E-state index contributed by atoms with van der Waals surface area (Å²) >= 11 is 0. The molecule has 0 aliphatic carbocycles. The van der Waals surface area contributed by atoms with Crippen molar-refractivity contribution in [1.82, 2.24) is 9.47 Å². The standard InChI is InChI=1S/C26H27FN2O4/c1-25(2,31)19-8-6-17(15-21(19)32-3)24(30)28-13-10-26(11-14-28)23-5-4-12-29(23)20-9-7-18(27)16-22(20)33-26/h4-9,12,15-16,31H,10-11,13-14H2,1-3H3. The van der Waals surface area contributed by atoms with Gasteiger partial charge < -0.3 is 24.0 Å². The highest BCUT2D eigenvalue weighted by molar-refractivity contribution is 5.95. The van der Waals surface area contributed by atoms with Crippen LogP contribution in [0.25, 0.3) is 5.69 Å². The molecule has 1 aromatic heterocycles. The molecule has 0 bridgehead atoms. The Bertz CT molecular complexity index is 1220. The van der Waals surface area contributed by atoms with Crippen LogP contribution < -0.4 is 9.47 Å². The van der Waals surface area contributed by atoms with Crippen LogP contribution in [0.15, 0.2) is 54.7 Å². The van der Waals surface area contributed by atoms with Gasteiger partial charge in [-0.3, -0.25) is 4.79 Å². The fourth-order valence-electron chi connectivity index (χ4n) is 4.94. The lowest BCUT2D eigenvalue weighted by Gasteiger charge is -2.45. The quantitative estimate of drug-likeness (QED) is 0.644. The number of methoxy groups -OCH3 is 1. The number of nitrogens with zero attached hydrogens (tertiary/aromatic N) is 2. The third-order valence-electron chi connectivity index (χ3n) is 6.67. The Labute approximate surface area is 192 Å². The third-order valence-corrected chi connectivity index (χ3v) is 6.67. The second-order valence-electron chi connectivity index (χ2n) is 9.24. The Morgan fingerprint density at radius 3 is 2.61 bits per heavy atom. The zero-order valence-electron chi connectivity index (χ0n) is 19.0. The van der Waals surface area contributed by atoms with E-state index in [-0.39, 0.29) is 11.7 Å². The number of rotatable bonds is 3. The molecule has 2 aliphatic rings. The van der Waals surface area contributed by atoms with Crippen LogP contribution in [0.5, 0.6) is 11.5 Å². The average Bonchev–Trinajstić information content (AvgIpc) is 3.29. The number of likely N-dealkylation sites (tertiary alicyclic amines) is 1. The van der Waals surface area contributed by atoms with Gasteiger partial charge in [0.15, 0.2) is 5.60 Å². The summed E-state index contributed by atoms with van der Waals surface area (Å²) in [7, 11) is 1.53. The van der Waals surface area contributed by atoms with Crippen LogP contribution in [-0.4, -0.2) is 40.7 Å². The second kappa shape index (κ2) is 7.63. The van der Waals surface area contributed by atoms with Crippen molar-refractivity contribution in [3.05, 3.63) is 77.4 Å². The number of carbonyl (C=O) groups is 1. The Kier molecular flexibility index (Phi) is 4.97. The Morgan fingerprint density at radius 1 is 1.15 bits per heavy atom. The van der Waals surface area contributed by atoms with Gasteiger partial charge in [0.05, 0.1) is 24.1 Å². The molecule has 6 nitrogen and oxygen atoms in total. The van der Waals surface area contributed by atoms with E-state index in [0.29, 0.717) is 48.6 Å². The minimum atomic E-state index is -1.08. The highest BCUT2D eigenvalue weighted by Gasteiger charge is 2.44. The summed E-state index contributed by atoms with van der Waals surface area (Å²) in [6.45, 7) is 4.37. The molecule has 0 unspecified atom stereocenters. The molecule has 33 heavy (non-hydrogen) atoms. The minimum absolute atomic E-state index is 0.0944. The highest BCUT2D eigenvalue weighted by atomic mass is 19.1. The lowest BCUT2D eigenvalue weighted by molar-refractivity contribution is -0.00953. The van der Waals surface area contributed by atoms with Gasteiger partial charge in [0.1, 0.15) is 17.3 Å². The number of halogens is 1. The number of hydrogen-bond acceptors (Lipinski definition) is 4. The number of aromatic nitrogens is 1. The van der Waals surface area contributed by atoms with E-state index >= 15 is 0 Å². The first kappa shape index (κ1) is 21.5. The molecule has 3 aromatic rings. The van der Waals surface area contributed by atoms with Crippen molar-refractivity contribution in [3.63, 3.8) is 0 Å². The van der Waals surface area contributed by atoms with E-state index in [9.17, 15) is 14.3 Å². The van der Waals surface area contributed by atoms with E-state index in [0.717, 1.165) is 11.4 Å². The summed E-state index contributed by atoms with van der Waals surface area (Å²) in [6, 6.07) is 13.7. The van der Waals surface area contributed by atoms with Crippen molar-refractivity contribution in [1.29, 1.82) is 0 Å². The molecule has 7 heteroatoms. The molecule has 1 fully saturated rings. The molecule has 2 aliphatic heterocycles. The molecule has 3 heterocycles. The summed E-state index contributed by atoms with van der Waals surface area (Å²) < 4.78 is 27.8. The Balaban J connectivity index is 1.38. The van der Waals surface area contributed by atoms with Gasteiger partial charge in [-0.2, -0.15) is 0 Å². The number of amides is 1. The summed E-state index contributed by atoms with van der Waals surface area (Å²) in [5.74, 6) is 0.568. The van der Waals surface area contributed by atoms with E-state index in [2.05, 4.69) is 4.57 Å². The summed E-state index contributed by atoms with van der Waals surface area (Å²) in [5, 5.41) is 10.4. The van der Waals surface area contributed by atoms with Crippen LogP contribution in [0.2, 0.25) is 0 Å². The van der Waals surface area contributed by atoms with Crippen molar-refractivity contribution in [2.45, 2.75) is 37.9 Å². The van der Waals surface area contributed by atoms with Crippen LogP contribution in [0.1, 0.15) is 48.3 Å². The third kappa shape index (κ3) is 3.56. The van der Waals surface area contributed by atoms with Gasteiger partial charge in [0.25, 0.3) is 5.91 Å². The number of carbonyl (C=O) groups excluding carboxylic acids is 1. The second-order valence-corrected chi connectivity index (χ2v) is 9.24. The topological polar surface area (TPSA) is 63.9 Å². The van der Waals surface area contributed by atoms with Crippen LogP contribution in [0.4, 0.5) is 4.39 Å². The molecule has 0 radical (unpaired) electrons. The molecule has 1 spiro atoms. The first-order valence-corrected chi connectivity index (χ1v) is 11.1. The van der Waals surface area contributed by atoms with Gasteiger partial charge >= 0.3 is 0 Å². The minimum Gasteiger partial charge on any atom is -0.496 e. The monoisotopic (exact) mass is 450 g/mol. The van der Waals surface area contributed by atoms with E-state index < -0.39 is 11.2 Å². The molecule has 0 saturated carbocycles. The van der Waals surface area contributed by atoms with Gasteiger partial charge in [-0.15, -0.1) is 0 Å². The van der Waals surface area contributed by atoms with Gasteiger partial charge in [0.2, 0.25) is 0 Å².